The van der Waals surface area contributed by atoms with E-state index in [1.54, 1.807) is 13.0 Å². The monoisotopic (exact) mass is 467 g/mol. The van der Waals surface area contributed by atoms with Crippen LogP contribution < -0.4 is 10.2 Å². The van der Waals surface area contributed by atoms with Crippen molar-refractivity contribution in [3.63, 3.8) is 0 Å². The van der Waals surface area contributed by atoms with Gasteiger partial charge in [-0.05, 0) is 31.4 Å². The molecule has 170 valence electrons. The molecule has 9 nitrogen and oxygen atoms in total. The summed E-state index contributed by atoms with van der Waals surface area (Å²) in [5.41, 5.74) is 0.790. The first kappa shape index (κ1) is 23.6. The zero-order valence-electron chi connectivity index (χ0n) is 18.3. The molecule has 3 rings (SSSR count). The van der Waals surface area contributed by atoms with E-state index >= 15 is 0 Å². The summed E-state index contributed by atoms with van der Waals surface area (Å²) in [5.74, 6) is 0.920. The second-order valence-electron chi connectivity index (χ2n) is 7.57. The lowest BCUT2D eigenvalue weighted by Gasteiger charge is -2.28. The smallest absolute Gasteiger partial charge is 0.348 e. The molecule has 2 aromatic rings. The highest BCUT2D eigenvalue weighted by molar-refractivity contribution is 7.99. The van der Waals surface area contributed by atoms with Gasteiger partial charge >= 0.3 is 5.97 Å². The van der Waals surface area contributed by atoms with Crippen LogP contribution in [0.2, 0.25) is 0 Å². The maximum atomic E-state index is 12.5. The van der Waals surface area contributed by atoms with Gasteiger partial charge < -0.3 is 19.7 Å². The molecule has 31 heavy (non-hydrogen) atoms. The number of ether oxygens (including phenoxy) is 2. The number of thioether (sulfide) groups is 1. The first-order valence-electron chi connectivity index (χ1n) is 10.3. The van der Waals surface area contributed by atoms with Crippen molar-refractivity contribution in [1.29, 1.82) is 0 Å². The van der Waals surface area contributed by atoms with E-state index < -0.39 is 0 Å². The SMILES string of the molecule is CCOC(=O)c1sc(NC(=O)CSc2nnc(N3CCOCC3)n2CC(C)C)cc1C. The van der Waals surface area contributed by atoms with Crippen molar-refractivity contribution in [2.75, 3.05) is 48.9 Å². The Bertz CT molecular complexity index is 906. The minimum atomic E-state index is -0.364. The third kappa shape index (κ3) is 6.20. The van der Waals surface area contributed by atoms with Crippen molar-refractivity contribution >= 4 is 45.9 Å². The Morgan fingerprint density at radius 1 is 1.32 bits per heavy atom. The molecule has 0 aliphatic carbocycles. The Balaban J connectivity index is 1.64. The van der Waals surface area contributed by atoms with Gasteiger partial charge in [0.1, 0.15) is 4.88 Å². The second kappa shape index (κ2) is 11.0. The maximum Gasteiger partial charge on any atom is 0.348 e. The summed E-state index contributed by atoms with van der Waals surface area (Å²) in [6.07, 6.45) is 0. The lowest BCUT2D eigenvalue weighted by Crippen LogP contribution is -2.38. The van der Waals surface area contributed by atoms with E-state index in [4.69, 9.17) is 9.47 Å². The normalized spacial score (nSPS) is 14.2. The number of nitrogens with one attached hydrogen (secondary N) is 1. The minimum absolute atomic E-state index is 0.159. The summed E-state index contributed by atoms with van der Waals surface area (Å²) in [4.78, 5) is 27.2. The van der Waals surface area contributed by atoms with Crippen molar-refractivity contribution in [1.82, 2.24) is 14.8 Å². The van der Waals surface area contributed by atoms with E-state index in [1.165, 1.54) is 23.1 Å². The van der Waals surface area contributed by atoms with Crippen LogP contribution in [-0.2, 0) is 20.8 Å². The molecule has 1 saturated heterocycles. The Hall–Kier alpha value is -2.11. The van der Waals surface area contributed by atoms with Gasteiger partial charge in [-0.2, -0.15) is 0 Å². The lowest BCUT2D eigenvalue weighted by molar-refractivity contribution is -0.113. The maximum absolute atomic E-state index is 12.5. The topological polar surface area (TPSA) is 98.6 Å². The van der Waals surface area contributed by atoms with Gasteiger partial charge in [0, 0.05) is 19.6 Å². The molecular formula is C20H29N5O4S2. The molecule has 0 bridgehead atoms. The Morgan fingerprint density at radius 2 is 2.06 bits per heavy atom. The quantitative estimate of drug-likeness (QED) is 0.444. The zero-order valence-corrected chi connectivity index (χ0v) is 20.0. The molecule has 1 aliphatic rings. The summed E-state index contributed by atoms with van der Waals surface area (Å²) >= 11 is 2.58. The Morgan fingerprint density at radius 3 is 2.74 bits per heavy atom. The molecule has 0 unspecified atom stereocenters. The van der Waals surface area contributed by atoms with Crippen LogP contribution in [0.3, 0.4) is 0 Å². The number of carbonyl (C=O) groups is 2. The highest BCUT2D eigenvalue weighted by atomic mass is 32.2. The van der Waals surface area contributed by atoms with Crippen LogP contribution in [0.5, 0.6) is 0 Å². The molecule has 1 N–H and O–H groups in total. The summed E-state index contributed by atoms with van der Waals surface area (Å²) in [6.45, 7) is 11.9. The summed E-state index contributed by atoms with van der Waals surface area (Å²) < 4.78 is 12.6. The third-order valence-corrected chi connectivity index (χ3v) is 6.61. The van der Waals surface area contributed by atoms with Gasteiger partial charge in [-0.25, -0.2) is 4.79 Å². The van der Waals surface area contributed by atoms with Crippen molar-refractivity contribution in [3.8, 4) is 0 Å². The first-order chi connectivity index (χ1) is 14.9. The van der Waals surface area contributed by atoms with Gasteiger partial charge in [-0.3, -0.25) is 9.36 Å². The molecule has 2 aromatic heterocycles. The number of morpholine rings is 1. The number of amides is 1. The molecule has 0 atom stereocenters. The Kier molecular flexibility index (Phi) is 8.33. The number of rotatable bonds is 9. The standard InChI is InChI=1S/C20H29N5O4S2/c1-5-29-18(27)17-14(4)10-16(31-17)21-15(26)12-30-20-23-22-19(25(20)11-13(2)3)24-6-8-28-9-7-24/h10,13H,5-9,11-12H2,1-4H3,(H,21,26). The molecule has 11 heteroatoms. The molecule has 1 aliphatic heterocycles. The Labute approximate surface area is 190 Å². The molecule has 3 heterocycles. The van der Waals surface area contributed by atoms with Gasteiger partial charge in [-0.15, -0.1) is 21.5 Å². The van der Waals surface area contributed by atoms with Gasteiger partial charge in [0.2, 0.25) is 11.9 Å². The van der Waals surface area contributed by atoms with Crippen LogP contribution in [-0.4, -0.2) is 65.3 Å². The summed E-state index contributed by atoms with van der Waals surface area (Å²) in [7, 11) is 0. The molecule has 1 amide bonds. The number of nitrogens with zero attached hydrogens (tertiary/aromatic N) is 4. The highest BCUT2D eigenvalue weighted by Crippen LogP contribution is 2.28. The average molecular weight is 468 g/mol. The van der Waals surface area contributed by atoms with E-state index in [0.29, 0.717) is 35.6 Å². The van der Waals surface area contributed by atoms with Crippen LogP contribution in [0.1, 0.15) is 36.0 Å². The van der Waals surface area contributed by atoms with Crippen molar-refractivity contribution in [2.24, 2.45) is 5.92 Å². The van der Waals surface area contributed by atoms with Crippen molar-refractivity contribution < 1.29 is 19.1 Å². The fraction of sp³-hybridized carbons (Fsp3) is 0.600. The number of anilines is 2. The molecule has 0 spiro atoms. The molecular weight excluding hydrogens is 438 g/mol. The van der Waals surface area contributed by atoms with Crippen molar-refractivity contribution in [3.05, 3.63) is 16.5 Å². The number of hydrogen-bond donors (Lipinski definition) is 1. The van der Waals surface area contributed by atoms with Crippen molar-refractivity contribution in [2.45, 2.75) is 39.4 Å². The number of esters is 1. The average Bonchev–Trinajstić information content (AvgIpc) is 3.29. The van der Waals surface area contributed by atoms with Crippen LogP contribution >= 0.6 is 23.1 Å². The predicted octanol–water partition coefficient (Wildman–Crippen LogP) is 3.05. The molecule has 0 aromatic carbocycles. The predicted molar refractivity (Wildman–Crippen MR) is 122 cm³/mol. The number of thiophene rings is 1. The highest BCUT2D eigenvalue weighted by Gasteiger charge is 2.22. The van der Waals surface area contributed by atoms with Crippen LogP contribution in [0.15, 0.2) is 11.2 Å². The summed E-state index contributed by atoms with van der Waals surface area (Å²) in [6, 6.07) is 1.79. The number of carbonyl (C=O) groups excluding carboxylic acids is 2. The second-order valence-corrected chi connectivity index (χ2v) is 9.56. The molecule has 1 fully saturated rings. The van der Waals surface area contributed by atoms with E-state index in [0.717, 1.165) is 36.3 Å². The van der Waals surface area contributed by atoms with Gasteiger partial charge in [0.05, 0.1) is 30.6 Å². The first-order valence-corrected chi connectivity index (χ1v) is 12.1. The lowest BCUT2D eigenvalue weighted by atomic mass is 10.2. The fourth-order valence-electron chi connectivity index (χ4n) is 3.16. The largest absolute Gasteiger partial charge is 0.462 e. The number of hydrogen-bond acceptors (Lipinski definition) is 9. The van der Waals surface area contributed by atoms with E-state index in [9.17, 15) is 9.59 Å². The van der Waals surface area contributed by atoms with Gasteiger partial charge in [0.25, 0.3) is 0 Å². The molecule has 0 saturated carbocycles. The molecule has 0 radical (unpaired) electrons. The number of aromatic nitrogens is 3. The van der Waals surface area contributed by atoms with Crippen LogP contribution in [0.25, 0.3) is 0 Å². The fourth-order valence-corrected chi connectivity index (χ4v) is 4.88. The van der Waals surface area contributed by atoms with E-state index in [-0.39, 0.29) is 17.6 Å². The minimum Gasteiger partial charge on any atom is -0.462 e. The zero-order chi connectivity index (χ0) is 22.4. The van der Waals surface area contributed by atoms with Crippen LogP contribution in [0, 0.1) is 12.8 Å². The van der Waals surface area contributed by atoms with E-state index in [2.05, 4.69) is 38.8 Å². The van der Waals surface area contributed by atoms with Gasteiger partial charge in [-0.1, -0.05) is 25.6 Å². The van der Waals surface area contributed by atoms with Gasteiger partial charge in [0.15, 0.2) is 5.16 Å². The van der Waals surface area contributed by atoms with Crippen LogP contribution in [0.4, 0.5) is 10.9 Å². The van der Waals surface area contributed by atoms with E-state index in [1.807, 2.05) is 6.92 Å². The third-order valence-electron chi connectivity index (χ3n) is 4.51. The summed E-state index contributed by atoms with van der Waals surface area (Å²) in [5, 5.41) is 12.9. The number of aryl methyl sites for hydroxylation is 1.